The number of allylic oxidation sites excluding steroid dienone is 4. The molecular formula is C37H32N2O7. The lowest BCUT2D eigenvalue weighted by Crippen LogP contribution is -2.58. The average Bonchev–Trinajstić information content (AvgIpc) is 3.33. The van der Waals surface area contributed by atoms with Crippen molar-refractivity contribution in [2.75, 3.05) is 6.61 Å². The maximum absolute atomic E-state index is 15.0. The van der Waals surface area contributed by atoms with Crippen molar-refractivity contribution in [2.24, 2.45) is 29.4 Å². The van der Waals surface area contributed by atoms with Crippen LogP contribution < -0.4 is 10.5 Å². The van der Waals surface area contributed by atoms with Gasteiger partial charge in [-0.2, -0.15) is 4.90 Å². The molecule has 7 rings (SSSR count). The molecule has 232 valence electrons. The van der Waals surface area contributed by atoms with Crippen LogP contribution in [0.3, 0.4) is 0 Å². The molecule has 1 saturated heterocycles. The third kappa shape index (κ3) is 4.04. The summed E-state index contributed by atoms with van der Waals surface area (Å²) in [6.07, 6.45) is 3.48. The maximum Gasteiger partial charge on any atom is 0.328 e. The number of Topliss-reactive ketones (excluding diaryl/α,β-unsaturated/α-hetero) is 1. The van der Waals surface area contributed by atoms with E-state index in [0.717, 1.165) is 0 Å². The number of aromatic hydroxyl groups is 1. The molecule has 3 aliphatic carbocycles. The summed E-state index contributed by atoms with van der Waals surface area (Å²) in [5.74, 6) is -6.25. The van der Waals surface area contributed by atoms with Crippen molar-refractivity contribution in [3.63, 3.8) is 0 Å². The zero-order valence-corrected chi connectivity index (χ0v) is 25.1. The lowest BCUT2D eigenvalue weighted by atomic mass is 9.44. The number of ether oxygens (including phenoxy) is 1. The fourth-order valence-corrected chi connectivity index (χ4v) is 8.48. The summed E-state index contributed by atoms with van der Waals surface area (Å²) in [6.45, 7) is 2.07. The number of phenolic OH excluding ortho intramolecular Hbond substituents is 1. The van der Waals surface area contributed by atoms with Gasteiger partial charge in [0.05, 0.1) is 23.9 Å². The standard InChI is InChI=1S/C37H32N2O7/c1-2-46-28-15-9-14-24(33(28)42)31-22-16-17-23-30(35(44)39(34(23)43)36(38)45)26(22)18-27-32(41)25(20-10-5-3-6-11-20)19-29(40)37(27,31)21-12-7-4-8-13-21/h3-16,19,23,26-27,30-31,42H,2,17-18H2,1H3,(H2,38,45). The Bertz CT molecular complexity index is 1860. The maximum atomic E-state index is 15.0. The van der Waals surface area contributed by atoms with Gasteiger partial charge in [-0.15, -0.1) is 0 Å². The number of nitrogens with zero attached hydrogens (tertiary/aromatic N) is 1. The van der Waals surface area contributed by atoms with Gasteiger partial charge in [0, 0.05) is 23.0 Å². The molecule has 6 atom stereocenters. The lowest BCUT2D eigenvalue weighted by Gasteiger charge is -2.55. The number of urea groups is 1. The zero-order valence-electron chi connectivity index (χ0n) is 25.1. The van der Waals surface area contributed by atoms with Crippen molar-refractivity contribution in [2.45, 2.75) is 31.1 Å². The fraction of sp³-hybridized carbons (Fsp3) is 0.270. The van der Waals surface area contributed by atoms with E-state index in [2.05, 4.69) is 0 Å². The number of carbonyl (C=O) groups is 5. The third-order valence-corrected chi connectivity index (χ3v) is 10.2. The van der Waals surface area contributed by atoms with E-state index in [-0.39, 0.29) is 48.1 Å². The lowest BCUT2D eigenvalue weighted by molar-refractivity contribution is -0.137. The van der Waals surface area contributed by atoms with Gasteiger partial charge in [-0.25, -0.2) is 4.79 Å². The number of fused-ring (bicyclic) bond motifs is 4. The molecule has 0 bridgehead atoms. The summed E-state index contributed by atoms with van der Waals surface area (Å²) in [6, 6.07) is 22.0. The highest BCUT2D eigenvalue weighted by Crippen LogP contribution is 2.64. The van der Waals surface area contributed by atoms with Gasteiger partial charge in [-0.3, -0.25) is 19.2 Å². The van der Waals surface area contributed by atoms with Crippen molar-refractivity contribution < 1.29 is 33.8 Å². The van der Waals surface area contributed by atoms with Crippen molar-refractivity contribution in [1.29, 1.82) is 0 Å². The number of para-hydroxylation sites is 1. The first-order valence-electron chi connectivity index (χ1n) is 15.4. The summed E-state index contributed by atoms with van der Waals surface area (Å²) in [7, 11) is 0. The van der Waals surface area contributed by atoms with Crippen LogP contribution in [0.4, 0.5) is 4.79 Å². The second-order valence-corrected chi connectivity index (χ2v) is 12.3. The molecular weight excluding hydrogens is 584 g/mol. The van der Waals surface area contributed by atoms with Gasteiger partial charge in [-0.05, 0) is 49.0 Å². The molecule has 9 nitrogen and oxygen atoms in total. The first-order chi connectivity index (χ1) is 22.2. The van der Waals surface area contributed by atoms with Crippen LogP contribution in [0.1, 0.15) is 42.4 Å². The largest absolute Gasteiger partial charge is 0.504 e. The van der Waals surface area contributed by atoms with Crippen molar-refractivity contribution >= 4 is 35.0 Å². The van der Waals surface area contributed by atoms with Crippen molar-refractivity contribution in [3.8, 4) is 11.5 Å². The summed E-state index contributed by atoms with van der Waals surface area (Å²) in [5, 5.41) is 11.7. The molecule has 1 aliphatic heterocycles. The summed E-state index contributed by atoms with van der Waals surface area (Å²) in [5.41, 5.74) is 6.48. The minimum Gasteiger partial charge on any atom is -0.504 e. The second-order valence-electron chi connectivity index (χ2n) is 12.3. The molecule has 0 radical (unpaired) electrons. The summed E-state index contributed by atoms with van der Waals surface area (Å²) < 4.78 is 5.75. The molecule has 3 aromatic carbocycles. The third-order valence-electron chi connectivity index (χ3n) is 10.2. The van der Waals surface area contributed by atoms with Gasteiger partial charge in [0.25, 0.3) is 0 Å². The Kier molecular flexibility index (Phi) is 6.99. The molecule has 6 unspecified atom stereocenters. The Morgan fingerprint density at radius 3 is 2.30 bits per heavy atom. The number of nitrogens with two attached hydrogens (primary N) is 1. The van der Waals surface area contributed by atoms with Gasteiger partial charge in [0.2, 0.25) is 11.8 Å². The van der Waals surface area contributed by atoms with E-state index in [1.807, 2.05) is 42.5 Å². The van der Waals surface area contributed by atoms with Crippen LogP contribution in [0.25, 0.3) is 5.57 Å². The number of imide groups is 3. The monoisotopic (exact) mass is 616 g/mol. The molecule has 0 spiro atoms. The van der Waals surface area contributed by atoms with Crippen molar-refractivity contribution in [3.05, 3.63) is 113 Å². The van der Waals surface area contributed by atoms with Crippen LogP contribution >= 0.6 is 0 Å². The van der Waals surface area contributed by atoms with Gasteiger partial charge >= 0.3 is 6.03 Å². The number of hydrogen-bond donors (Lipinski definition) is 2. The molecule has 1 heterocycles. The van der Waals surface area contributed by atoms with Crippen LogP contribution in [-0.4, -0.2) is 46.0 Å². The Labute approximate surface area is 265 Å². The quantitative estimate of drug-likeness (QED) is 0.313. The SMILES string of the molecule is CCOc1cccc(C2C3=CCC4C(=O)N(C(N)=O)C(=O)C4C3CC3C(=O)C(c4ccccc4)=CC(=O)C32c2ccccc2)c1O. The molecule has 3 N–H and O–H groups in total. The van der Waals surface area contributed by atoms with Crippen LogP contribution in [0.5, 0.6) is 11.5 Å². The predicted octanol–water partition coefficient (Wildman–Crippen LogP) is 4.69. The molecule has 4 aliphatic rings. The van der Waals surface area contributed by atoms with E-state index in [1.54, 1.807) is 49.4 Å². The Balaban J connectivity index is 1.53. The Hall–Kier alpha value is -5.31. The van der Waals surface area contributed by atoms with E-state index < -0.39 is 52.8 Å². The number of phenols is 1. The summed E-state index contributed by atoms with van der Waals surface area (Å²) in [4.78, 5) is 69.7. The highest BCUT2D eigenvalue weighted by molar-refractivity contribution is 6.31. The average molecular weight is 617 g/mol. The number of hydrogen-bond acceptors (Lipinski definition) is 7. The minimum absolute atomic E-state index is 0.0741. The number of likely N-dealkylation sites (tertiary alicyclic amines) is 1. The van der Waals surface area contributed by atoms with E-state index in [1.165, 1.54) is 6.08 Å². The normalized spacial score (nSPS) is 28.5. The number of carbonyl (C=O) groups excluding carboxylic acids is 5. The number of rotatable bonds is 5. The van der Waals surface area contributed by atoms with Gasteiger partial charge < -0.3 is 15.6 Å². The fourth-order valence-electron chi connectivity index (χ4n) is 8.48. The van der Waals surface area contributed by atoms with E-state index in [0.29, 0.717) is 27.2 Å². The highest BCUT2D eigenvalue weighted by atomic mass is 16.5. The number of benzene rings is 3. The minimum atomic E-state index is -1.50. The van der Waals surface area contributed by atoms with E-state index in [9.17, 15) is 29.1 Å². The Morgan fingerprint density at radius 1 is 0.935 bits per heavy atom. The molecule has 0 aromatic heterocycles. The van der Waals surface area contributed by atoms with Gasteiger partial charge in [-0.1, -0.05) is 84.4 Å². The zero-order chi connectivity index (χ0) is 32.3. The van der Waals surface area contributed by atoms with Crippen LogP contribution in [-0.2, 0) is 24.6 Å². The van der Waals surface area contributed by atoms with Crippen LogP contribution in [0, 0.1) is 23.7 Å². The van der Waals surface area contributed by atoms with E-state index in [4.69, 9.17) is 10.5 Å². The van der Waals surface area contributed by atoms with Gasteiger partial charge in [0.15, 0.2) is 23.1 Å². The number of ketones is 2. The Morgan fingerprint density at radius 2 is 1.63 bits per heavy atom. The molecule has 1 saturated carbocycles. The topological polar surface area (TPSA) is 144 Å². The smallest absolute Gasteiger partial charge is 0.328 e. The molecule has 46 heavy (non-hydrogen) atoms. The predicted molar refractivity (Wildman–Crippen MR) is 167 cm³/mol. The molecule has 9 heteroatoms. The first kappa shape index (κ1) is 29.4. The highest BCUT2D eigenvalue weighted by Gasteiger charge is 2.66. The van der Waals surface area contributed by atoms with Crippen LogP contribution in [0.15, 0.2) is 96.6 Å². The van der Waals surface area contributed by atoms with Crippen molar-refractivity contribution in [1.82, 2.24) is 4.90 Å². The second kappa shape index (κ2) is 10.9. The number of primary amides is 1. The van der Waals surface area contributed by atoms with Gasteiger partial charge in [0.1, 0.15) is 0 Å². The van der Waals surface area contributed by atoms with Crippen LogP contribution in [0.2, 0.25) is 0 Å². The molecule has 2 fully saturated rings. The molecule has 4 amide bonds. The molecule has 3 aromatic rings. The summed E-state index contributed by atoms with van der Waals surface area (Å²) >= 11 is 0. The number of amides is 4. The first-order valence-corrected chi connectivity index (χ1v) is 15.4. The van der Waals surface area contributed by atoms with E-state index >= 15 is 0 Å².